The van der Waals surface area contributed by atoms with Gasteiger partial charge in [-0.15, -0.1) is 0 Å². The lowest BCUT2D eigenvalue weighted by Gasteiger charge is -2.14. The van der Waals surface area contributed by atoms with E-state index in [2.05, 4.69) is 10.6 Å². The Bertz CT molecular complexity index is 720. The molecule has 6 N–H and O–H groups in total. The Labute approximate surface area is 146 Å². The molecule has 0 heterocycles. The van der Waals surface area contributed by atoms with Crippen LogP contribution in [0.3, 0.4) is 0 Å². The highest BCUT2D eigenvalue weighted by Crippen LogP contribution is 2.24. The third-order valence-electron chi connectivity index (χ3n) is 3.38. The summed E-state index contributed by atoms with van der Waals surface area (Å²) in [5, 5.41) is 23.1. The molecule has 9 nitrogen and oxygen atoms in total. The van der Waals surface area contributed by atoms with E-state index in [1.165, 1.54) is 25.1 Å². The number of sulfone groups is 1. The van der Waals surface area contributed by atoms with Crippen molar-refractivity contribution in [1.29, 1.82) is 0 Å². The van der Waals surface area contributed by atoms with Crippen molar-refractivity contribution >= 4 is 33.1 Å². The van der Waals surface area contributed by atoms with Crippen molar-refractivity contribution in [2.75, 3.05) is 36.5 Å². The number of hydrogen-bond acceptors (Lipinski definition) is 7. The SMILES string of the molecule is CC(CC(=O)NCCNc1ccc(N)cc1S(=O)(=O)CCO)C(=O)O. The highest BCUT2D eigenvalue weighted by molar-refractivity contribution is 7.91. The number of aliphatic carboxylic acids is 1. The number of hydrogen-bond donors (Lipinski definition) is 5. The fraction of sp³-hybridized carbons (Fsp3) is 0.467. The van der Waals surface area contributed by atoms with Crippen LogP contribution in [0.5, 0.6) is 0 Å². The predicted octanol–water partition coefficient (Wildman–Crippen LogP) is -0.326. The summed E-state index contributed by atoms with van der Waals surface area (Å²) < 4.78 is 24.3. The van der Waals surface area contributed by atoms with Gasteiger partial charge in [0.25, 0.3) is 0 Å². The number of carbonyl (C=O) groups excluding carboxylic acids is 1. The van der Waals surface area contributed by atoms with Crippen molar-refractivity contribution in [1.82, 2.24) is 5.32 Å². The minimum atomic E-state index is -3.69. The van der Waals surface area contributed by atoms with Crippen LogP contribution in [-0.4, -0.2) is 56.0 Å². The van der Waals surface area contributed by atoms with Crippen LogP contribution in [0.1, 0.15) is 13.3 Å². The fourth-order valence-corrected chi connectivity index (χ4v) is 3.26. The molecule has 25 heavy (non-hydrogen) atoms. The zero-order valence-corrected chi connectivity index (χ0v) is 14.7. The second-order valence-corrected chi connectivity index (χ2v) is 7.60. The van der Waals surface area contributed by atoms with Gasteiger partial charge in [-0.25, -0.2) is 8.42 Å². The van der Waals surface area contributed by atoms with Crippen molar-refractivity contribution in [2.45, 2.75) is 18.2 Å². The number of carboxylic acids is 1. The Balaban J connectivity index is 2.64. The van der Waals surface area contributed by atoms with Gasteiger partial charge in [0.2, 0.25) is 5.91 Å². The molecular weight excluding hydrogens is 350 g/mol. The molecule has 1 aromatic rings. The zero-order chi connectivity index (χ0) is 19.0. The van der Waals surface area contributed by atoms with Gasteiger partial charge in [0.1, 0.15) is 0 Å². The summed E-state index contributed by atoms with van der Waals surface area (Å²) in [6.07, 6.45) is -0.132. The fourth-order valence-electron chi connectivity index (χ4n) is 2.01. The molecule has 10 heteroatoms. The molecule has 0 aliphatic heterocycles. The summed E-state index contributed by atoms with van der Waals surface area (Å²) in [5.74, 6) is -2.65. The summed E-state index contributed by atoms with van der Waals surface area (Å²) in [5.41, 5.74) is 6.22. The number of aliphatic hydroxyl groups excluding tert-OH is 1. The van der Waals surface area contributed by atoms with Crippen molar-refractivity contribution < 1.29 is 28.2 Å². The number of nitrogens with two attached hydrogens (primary N) is 1. The third-order valence-corrected chi connectivity index (χ3v) is 5.10. The van der Waals surface area contributed by atoms with E-state index in [1.54, 1.807) is 0 Å². The molecule has 0 bridgehead atoms. The maximum absolute atomic E-state index is 12.2. The van der Waals surface area contributed by atoms with Crippen LogP contribution < -0.4 is 16.4 Å². The van der Waals surface area contributed by atoms with Gasteiger partial charge in [0, 0.05) is 25.2 Å². The lowest BCUT2D eigenvalue weighted by atomic mass is 10.1. The number of carboxylic acid groups (broad SMARTS) is 1. The molecule has 1 rings (SSSR count). The van der Waals surface area contributed by atoms with E-state index >= 15 is 0 Å². The first-order valence-electron chi connectivity index (χ1n) is 7.64. The van der Waals surface area contributed by atoms with E-state index in [1.807, 2.05) is 0 Å². The predicted molar refractivity (Wildman–Crippen MR) is 92.9 cm³/mol. The summed E-state index contributed by atoms with van der Waals surface area (Å²) in [7, 11) is -3.69. The molecule has 1 atom stereocenters. The van der Waals surface area contributed by atoms with Crippen molar-refractivity contribution in [3.8, 4) is 0 Å². The normalized spacial score (nSPS) is 12.4. The maximum Gasteiger partial charge on any atom is 0.306 e. The van der Waals surface area contributed by atoms with Gasteiger partial charge >= 0.3 is 5.97 Å². The van der Waals surface area contributed by atoms with Crippen LogP contribution in [0, 0.1) is 5.92 Å². The van der Waals surface area contributed by atoms with E-state index in [9.17, 15) is 18.0 Å². The molecule has 0 fully saturated rings. The van der Waals surface area contributed by atoms with Gasteiger partial charge < -0.3 is 26.6 Å². The van der Waals surface area contributed by atoms with Crippen molar-refractivity contribution in [3.05, 3.63) is 18.2 Å². The number of aliphatic hydroxyl groups is 1. The van der Waals surface area contributed by atoms with E-state index < -0.39 is 40.0 Å². The van der Waals surface area contributed by atoms with Crippen LogP contribution in [0.4, 0.5) is 11.4 Å². The van der Waals surface area contributed by atoms with Gasteiger partial charge in [-0.1, -0.05) is 6.92 Å². The van der Waals surface area contributed by atoms with Gasteiger partial charge in [0.05, 0.1) is 28.9 Å². The second kappa shape index (κ2) is 9.23. The number of benzene rings is 1. The average Bonchev–Trinajstić information content (AvgIpc) is 2.52. The highest BCUT2D eigenvalue weighted by atomic mass is 32.2. The molecule has 0 saturated carbocycles. The molecular formula is C15H23N3O6S. The maximum atomic E-state index is 12.2. The molecule has 1 unspecified atom stereocenters. The van der Waals surface area contributed by atoms with Crippen LogP contribution in [-0.2, 0) is 19.4 Å². The first-order valence-corrected chi connectivity index (χ1v) is 9.29. The van der Waals surface area contributed by atoms with E-state index in [0.29, 0.717) is 5.69 Å². The monoisotopic (exact) mass is 373 g/mol. The smallest absolute Gasteiger partial charge is 0.306 e. The number of amides is 1. The first-order chi connectivity index (χ1) is 11.7. The number of anilines is 2. The summed E-state index contributed by atoms with van der Waals surface area (Å²) in [4.78, 5) is 22.2. The minimum Gasteiger partial charge on any atom is -0.481 e. The van der Waals surface area contributed by atoms with Crippen LogP contribution in [0.25, 0.3) is 0 Å². The molecule has 0 aromatic heterocycles. The standard InChI is InChI=1S/C15H23N3O6S/c1-10(15(21)22)8-14(20)18-5-4-17-12-3-2-11(16)9-13(12)25(23,24)7-6-19/h2-3,9-10,17,19H,4-8,16H2,1H3,(H,18,20)(H,21,22). The summed E-state index contributed by atoms with van der Waals surface area (Å²) in [6.45, 7) is 1.36. The van der Waals surface area contributed by atoms with Crippen LogP contribution >= 0.6 is 0 Å². The topological polar surface area (TPSA) is 159 Å². The second-order valence-electron chi connectivity index (χ2n) is 5.52. The third kappa shape index (κ3) is 6.59. The molecule has 0 radical (unpaired) electrons. The molecule has 0 saturated heterocycles. The minimum absolute atomic E-state index is 0.0209. The molecule has 0 spiro atoms. The summed E-state index contributed by atoms with van der Waals surface area (Å²) in [6, 6.07) is 4.35. The molecule has 1 aromatic carbocycles. The van der Waals surface area contributed by atoms with Gasteiger partial charge in [-0.2, -0.15) is 0 Å². The van der Waals surface area contributed by atoms with Crippen molar-refractivity contribution in [3.63, 3.8) is 0 Å². The lowest BCUT2D eigenvalue weighted by molar-refractivity contribution is -0.143. The number of nitrogen functional groups attached to an aromatic ring is 1. The zero-order valence-electron chi connectivity index (χ0n) is 13.9. The van der Waals surface area contributed by atoms with Crippen LogP contribution in [0.2, 0.25) is 0 Å². The molecule has 140 valence electrons. The average molecular weight is 373 g/mol. The summed E-state index contributed by atoms with van der Waals surface area (Å²) >= 11 is 0. The van der Waals surface area contributed by atoms with E-state index in [4.69, 9.17) is 15.9 Å². The van der Waals surface area contributed by atoms with Crippen molar-refractivity contribution in [2.24, 2.45) is 5.92 Å². The Kier molecular flexibility index (Phi) is 7.65. The quantitative estimate of drug-likeness (QED) is 0.275. The molecule has 1 amide bonds. The van der Waals surface area contributed by atoms with Gasteiger partial charge in [0.15, 0.2) is 9.84 Å². The van der Waals surface area contributed by atoms with Gasteiger partial charge in [-0.3, -0.25) is 9.59 Å². The number of nitrogens with one attached hydrogen (secondary N) is 2. The number of rotatable bonds is 10. The van der Waals surface area contributed by atoms with E-state index in [0.717, 1.165) is 0 Å². The number of carbonyl (C=O) groups is 2. The Morgan fingerprint density at radius 2 is 1.96 bits per heavy atom. The highest BCUT2D eigenvalue weighted by Gasteiger charge is 2.19. The Hall–Kier alpha value is -2.33. The lowest BCUT2D eigenvalue weighted by Crippen LogP contribution is -2.31. The van der Waals surface area contributed by atoms with Crippen LogP contribution in [0.15, 0.2) is 23.1 Å². The largest absolute Gasteiger partial charge is 0.481 e. The first kappa shape index (κ1) is 20.7. The Morgan fingerprint density at radius 3 is 2.56 bits per heavy atom. The van der Waals surface area contributed by atoms with Gasteiger partial charge in [-0.05, 0) is 18.2 Å². The molecule has 0 aliphatic rings. The Morgan fingerprint density at radius 1 is 1.28 bits per heavy atom. The molecule has 0 aliphatic carbocycles. The van der Waals surface area contributed by atoms with E-state index in [-0.39, 0.29) is 30.1 Å².